The van der Waals surface area contributed by atoms with Gasteiger partial charge in [0.2, 0.25) is 0 Å². The molecule has 116 valence electrons. The number of carbonyl (C=O) groups excluding carboxylic acids is 1. The van der Waals surface area contributed by atoms with Crippen LogP contribution in [0.25, 0.3) is 0 Å². The number of hydrogen-bond donors (Lipinski definition) is 2. The van der Waals surface area contributed by atoms with Gasteiger partial charge in [-0.2, -0.15) is 0 Å². The average molecular weight is 296 g/mol. The van der Waals surface area contributed by atoms with Gasteiger partial charge in [0.25, 0.3) is 0 Å². The van der Waals surface area contributed by atoms with Crippen molar-refractivity contribution in [3.8, 4) is 5.75 Å². The van der Waals surface area contributed by atoms with Crippen LogP contribution in [-0.4, -0.2) is 31.9 Å². The van der Waals surface area contributed by atoms with E-state index in [1.807, 2.05) is 6.92 Å². The number of rotatable bonds is 7. The van der Waals surface area contributed by atoms with E-state index in [0.29, 0.717) is 12.3 Å². The van der Waals surface area contributed by atoms with Crippen LogP contribution >= 0.6 is 0 Å². The second-order valence-electron chi connectivity index (χ2n) is 5.08. The number of hydrogen-bond acceptors (Lipinski definition) is 4. The van der Waals surface area contributed by atoms with Gasteiger partial charge in [-0.3, -0.25) is 0 Å². The molecule has 1 aromatic rings. The summed E-state index contributed by atoms with van der Waals surface area (Å²) < 4.78 is 24.1. The van der Waals surface area contributed by atoms with Gasteiger partial charge >= 0.3 is 6.09 Å². The van der Waals surface area contributed by atoms with Crippen LogP contribution in [0.3, 0.4) is 0 Å². The Hall–Kier alpha value is -1.82. The van der Waals surface area contributed by atoms with E-state index in [1.54, 1.807) is 6.07 Å². The lowest BCUT2D eigenvalue weighted by atomic mass is 10.1. The number of benzene rings is 1. The first-order chi connectivity index (χ1) is 10.1. The molecule has 1 fully saturated rings. The van der Waals surface area contributed by atoms with Crippen LogP contribution in [0.2, 0.25) is 0 Å². The van der Waals surface area contributed by atoms with Crippen molar-refractivity contribution in [3.63, 3.8) is 0 Å². The maximum atomic E-state index is 13.4. The average Bonchev–Trinajstić information content (AvgIpc) is 2.88. The highest BCUT2D eigenvalue weighted by Crippen LogP contribution is 2.26. The van der Waals surface area contributed by atoms with E-state index < -0.39 is 6.09 Å². The zero-order chi connectivity index (χ0) is 15.2. The second kappa shape index (κ2) is 7.26. The summed E-state index contributed by atoms with van der Waals surface area (Å²) in [6, 6.07) is 4.56. The summed E-state index contributed by atoms with van der Waals surface area (Å²) >= 11 is 0. The molecule has 1 aliphatic rings. The first-order valence-corrected chi connectivity index (χ1v) is 7.20. The molecule has 2 N–H and O–H groups in total. The van der Waals surface area contributed by atoms with Crippen molar-refractivity contribution < 1.29 is 18.7 Å². The van der Waals surface area contributed by atoms with Crippen molar-refractivity contribution in [2.75, 3.05) is 19.7 Å². The molecule has 5 nitrogen and oxygen atoms in total. The minimum atomic E-state index is -0.443. The summed E-state index contributed by atoms with van der Waals surface area (Å²) in [5.41, 5.74) is 0.891. The number of nitrogens with one attached hydrogen (secondary N) is 2. The predicted molar refractivity (Wildman–Crippen MR) is 76.9 cm³/mol. The van der Waals surface area contributed by atoms with Crippen LogP contribution in [-0.2, 0) is 4.74 Å². The van der Waals surface area contributed by atoms with Gasteiger partial charge in [-0.1, -0.05) is 13.0 Å². The van der Waals surface area contributed by atoms with Crippen molar-refractivity contribution in [2.45, 2.75) is 32.4 Å². The molecule has 0 radical (unpaired) electrons. The third-order valence-electron chi connectivity index (χ3n) is 3.32. The summed E-state index contributed by atoms with van der Waals surface area (Å²) in [7, 11) is 0. The maximum Gasteiger partial charge on any atom is 0.407 e. The lowest BCUT2D eigenvalue weighted by Crippen LogP contribution is -2.24. The molecule has 1 aromatic carbocycles. The normalized spacial score (nSPS) is 19.0. The van der Waals surface area contributed by atoms with Gasteiger partial charge in [0.1, 0.15) is 18.2 Å². The van der Waals surface area contributed by atoms with E-state index in [1.165, 1.54) is 12.1 Å². The molecule has 0 aliphatic carbocycles. The smallest absolute Gasteiger partial charge is 0.407 e. The van der Waals surface area contributed by atoms with Crippen molar-refractivity contribution in [3.05, 3.63) is 29.6 Å². The molecule has 2 rings (SSSR count). The van der Waals surface area contributed by atoms with Gasteiger partial charge in [-0.15, -0.1) is 0 Å². The lowest BCUT2D eigenvalue weighted by Gasteiger charge is -2.19. The summed E-state index contributed by atoms with van der Waals surface area (Å²) in [6.07, 6.45) is 0.236. The molecule has 6 heteroatoms. The van der Waals surface area contributed by atoms with Gasteiger partial charge in [-0.25, -0.2) is 9.18 Å². The Morgan fingerprint density at radius 1 is 1.57 bits per heavy atom. The summed E-state index contributed by atoms with van der Waals surface area (Å²) in [6.45, 7) is 5.58. The molecule has 0 spiro atoms. The van der Waals surface area contributed by atoms with Gasteiger partial charge < -0.3 is 20.1 Å². The van der Waals surface area contributed by atoms with E-state index in [9.17, 15) is 9.18 Å². The minimum absolute atomic E-state index is 0.0600. The molecule has 1 heterocycles. The molecule has 1 amide bonds. The zero-order valence-electron chi connectivity index (χ0n) is 12.3. The van der Waals surface area contributed by atoms with E-state index >= 15 is 0 Å². The SMILES string of the molecule is CCCNC(C)c1ccc(F)cc1OCC1CNC(=O)O1. The van der Waals surface area contributed by atoms with Crippen LogP contribution in [0.15, 0.2) is 18.2 Å². The highest BCUT2D eigenvalue weighted by atomic mass is 19.1. The van der Waals surface area contributed by atoms with Crippen LogP contribution in [0.1, 0.15) is 31.9 Å². The van der Waals surface area contributed by atoms with E-state index in [4.69, 9.17) is 9.47 Å². The number of cyclic esters (lactones) is 1. The Morgan fingerprint density at radius 3 is 3.05 bits per heavy atom. The molecule has 21 heavy (non-hydrogen) atoms. The first kappa shape index (κ1) is 15.6. The maximum absolute atomic E-state index is 13.4. The van der Waals surface area contributed by atoms with Crippen LogP contribution in [0, 0.1) is 5.82 Å². The second-order valence-corrected chi connectivity index (χ2v) is 5.08. The fraction of sp³-hybridized carbons (Fsp3) is 0.533. The quantitative estimate of drug-likeness (QED) is 0.811. The molecule has 0 bridgehead atoms. The van der Waals surface area contributed by atoms with Crippen molar-refractivity contribution in [2.24, 2.45) is 0 Å². The zero-order valence-corrected chi connectivity index (χ0v) is 12.3. The minimum Gasteiger partial charge on any atom is -0.489 e. The van der Waals surface area contributed by atoms with Crippen LogP contribution in [0.5, 0.6) is 5.75 Å². The van der Waals surface area contributed by atoms with Gasteiger partial charge in [-0.05, 0) is 26.0 Å². The molecule has 2 unspecified atom stereocenters. The van der Waals surface area contributed by atoms with Gasteiger partial charge in [0.05, 0.1) is 6.54 Å². The highest BCUT2D eigenvalue weighted by molar-refractivity contribution is 5.69. The Bertz CT molecular complexity index is 496. The molecule has 0 aromatic heterocycles. The third-order valence-corrected chi connectivity index (χ3v) is 3.32. The molecule has 0 saturated carbocycles. The van der Waals surface area contributed by atoms with E-state index in [0.717, 1.165) is 18.5 Å². The Kier molecular flexibility index (Phi) is 5.38. The van der Waals surface area contributed by atoms with Crippen LogP contribution in [0.4, 0.5) is 9.18 Å². The number of alkyl carbamates (subject to hydrolysis) is 1. The predicted octanol–water partition coefficient (Wildman–Crippen LogP) is 2.37. The topological polar surface area (TPSA) is 59.6 Å². The van der Waals surface area contributed by atoms with Crippen molar-refractivity contribution in [1.29, 1.82) is 0 Å². The van der Waals surface area contributed by atoms with Crippen molar-refractivity contribution in [1.82, 2.24) is 10.6 Å². The first-order valence-electron chi connectivity index (χ1n) is 7.20. The molecular weight excluding hydrogens is 275 g/mol. The Balaban J connectivity index is 2.02. The summed E-state index contributed by atoms with van der Waals surface area (Å²) in [4.78, 5) is 11.0. The number of halogens is 1. The van der Waals surface area contributed by atoms with Crippen molar-refractivity contribution >= 4 is 6.09 Å². The fourth-order valence-electron chi connectivity index (χ4n) is 2.17. The number of amides is 1. The Labute approximate surface area is 123 Å². The van der Waals surface area contributed by atoms with Gasteiger partial charge in [0, 0.05) is 17.7 Å². The number of carbonyl (C=O) groups is 1. The highest BCUT2D eigenvalue weighted by Gasteiger charge is 2.23. The molecule has 2 atom stereocenters. The van der Waals surface area contributed by atoms with Crippen LogP contribution < -0.4 is 15.4 Å². The van der Waals surface area contributed by atoms with Gasteiger partial charge in [0.15, 0.2) is 6.10 Å². The third kappa shape index (κ3) is 4.32. The largest absolute Gasteiger partial charge is 0.489 e. The molecular formula is C15H21FN2O3. The monoisotopic (exact) mass is 296 g/mol. The lowest BCUT2D eigenvalue weighted by molar-refractivity contribution is 0.104. The summed E-state index contributed by atoms with van der Waals surface area (Å²) in [5.74, 6) is 0.132. The molecule has 1 aliphatic heterocycles. The van der Waals surface area contributed by atoms with E-state index in [-0.39, 0.29) is 24.6 Å². The standard InChI is InChI=1S/C15H21FN2O3/c1-3-6-17-10(2)13-5-4-11(16)7-14(13)20-9-12-8-18-15(19)21-12/h4-5,7,10,12,17H,3,6,8-9H2,1-2H3,(H,18,19). The fourth-order valence-corrected chi connectivity index (χ4v) is 2.17. The summed E-state index contributed by atoms with van der Waals surface area (Å²) in [5, 5.41) is 5.90. The van der Waals surface area contributed by atoms with E-state index in [2.05, 4.69) is 17.6 Å². The number of ether oxygens (including phenoxy) is 2. The Morgan fingerprint density at radius 2 is 2.38 bits per heavy atom. The molecule has 1 saturated heterocycles.